The highest BCUT2D eigenvalue weighted by atomic mass is 32.2. The molecule has 4 rings (SSSR count). The van der Waals surface area contributed by atoms with Gasteiger partial charge in [-0.25, -0.2) is 9.37 Å². The highest BCUT2D eigenvalue weighted by Gasteiger charge is 2.24. The van der Waals surface area contributed by atoms with E-state index in [1.165, 1.54) is 17.8 Å². The van der Waals surface area contributed by atoms with Crippen LogP contribution in [-0.4, -0.2) is 30.6 Å². The largest absolute Gasteiger partial charge is 0.369 e. The predicted octanol–water partition coefficient (Wildman–Crippen LogP) is 2.76. The average Bonchev–Trinajstić information content (AvgIpc) is 3.02. The number of aromatic nitrogens is 5. The molecule has 0 bridgehead atoms. The third-order valence-corrected chi connectivity index (χ3v) is 4.67. The van der Waals surface area contributed by atoms with Crippen LogP contribution in [0.2, 0.25) is 0 Å². The predicted molar refractivity (Wildman–Crippen MR) is 86.1 cm³/mol. The van der Waals surface area contributed by atoms with E-state index in [-0.39, 0.29) is 17.7 Å². The summed E-state index contributed by atoms with van der Waals surface area (Å²) in [6.07, 6.45) is 0.857. The van der Waals surface area contributed by atoms with Crippen LogP contribution in [0.25, 0.3) is 11.0 Å². The molecule has 0 amide bonds. The number of nitrogens with two attached hydrogens (primary N) is 1. The molecule has 0 fully saturated rings. The third kappa shape index (κ3) is 2.37. The van der Waals surface area contributed by atoms with Crippen molar-refractivity contribution in [2.24, 2.45) is 5.10 Å². The van der Waals surface area contributed by atoms with E-state index in [4.69, 9.17) is 5.73 Å². The van der Waals surface area contributed by atoms with Gasteiger partial charge < -0.3 is 10.7 Å². The van der Waals surface area contributed by atoms with Gasteiger partial charge in [0, 0.05) is 17.7 Å². The molecule has 0 saturated heterocycles. The van der Waals surface area contributed by atoms with Crippen LogP contribution < -0.4 is 5.73 Å². The summed E-state index contributed by atoms with van der Waals surface area (Å²) in [7, 11) is 0. The highest BCUT2D eigenvalue weighted by Crippen LogP contribution is 2.34. The van der Waals surface area contributed by atoms with E-state index in [0.29, 0.717) is 21.1 Å². The van der Waals surface area contributed by atoms with E-state index in [0.717, 1.165) is 18.0 Å². The Morgan fingerprint density at radius 1 is 1.39 bits per heavy atom. The standard InChI is InChI=1S/C14H14FN7S/c1-6-3-7(2)21-22-12(6)19-20-14(22)23-11-5-10-9(4-8(11)15)17-13(16)18-10/h4-6H,3H2,1-2H3,(H3,16,17,18). The first-order chi connectivity index (χ1) is 11.0. The molecule has 1 aromatic carbocycles. The topological polar surface area (TPSA) is 97.8 Å². The monoisotopic (exact) mass is 331 g/mol. The molecule has 0 saturated carbocycles. The average molecular weight is 331 g/mol. The SMILES string of the molecule is CC1=Nn2c(Sc3cc4nc(N)[nH]c4cc3F)nnc2C(C)C1. The number of nitrogens with one attached hydrogen (secondary N) is 1. The summed E-state index contributed by atoms with van der Waals surface area (Å²) in [6, 6.07) is 3.03. The number of halogens is 1. The van der Waals surface area contributed by atoms with Crippen molar-refractivity contribution >= 4 is 34.5 Å². The zero-order chi connectivity index (χ0) is 16.1. The van der Waals surface area contributed by atoms with E-state index in [2.05, 4.69) is 32.2 Å². The lowest BCUT2D eigenvalue weighted by Crippen LogP contribution is -2.14. The second-order valence-corrected chi connectivity index (χ2v) is 6.63. The Labute approximate surface area is 135 Å². The lowest BCUT2D eigenvalue weighted by Gasteiger charge is -2.16. The minimum absolute atomic E-state index is 0.243. The molecule has 3 aromatic rings. The van der Waals surface area contributed by atoms with Gasteiger partial charge in [-0.3, -0.25) is 0 Å². The molecule has 1 aliphatic rings. The molecule has 1 atom stereocenters. The normalized spacial score (nSPS) is 17.3. The van der Waals surface area contributed by atoms with Crippen LogP contribution in [0, 0.1) is 5.82 Å². The van der Waals surface area contributed by atoms with Crippen molar-refractivity contribution in [3.05, 3.63) is 23.8 Å². The summed E-state index contributed by atoms with van der Waals surface area (Å²) in [5.41, 5.74) is 7.78. The fourth-order valence-corrected chi connectivity index (χ4v) is 3.52. The van der Waals surface area contributed by atoms with Gasteiger partial charge in [0.1, 0.15) is 5.82 Å². The number of imidazole rings is 1. The smallest absolute Gasteiger partial charge is 0.216 e. The molecule has 9 heteroatoms. The molecule has 1 aliphatic heterocycles. The lowest BCUT2D eigenvalue weighted by molar-refractivity contribution is 0.599. The number of H-pyrrole nitrogens is 1. The second kappa shape index (κ2) is 5.05. The minimum atomic E-state index is -0.368. The maximum atomic E-state index is 14.3. The van der Waals surface area contributed by atoms with Gasteiger partial charge in [-0.2, -0.15) is 9.78 Å². The summed E-state index contributed by atoms with van der Waals surface area (Å²) < 4.78 is 16.0. The van der Waals surface area contributed by atoms with Crippen molar-refractivity contribution in [3.63, 3.8) is 0 Å². The van der Waals surface area contributed by atoms with Crippen molar-refractivity contribution in [2.75, 3.05) is 5.73 Å². The van der Waals surface area contributed by atoms with Crippen LogP contribution in [0.15, 0.2) is 27.3 Å². The van der Waals surface area contributed by atoms with Crippen LogP contribution >= 0.6 is 11.8 Å². The van der Waals surface area contributed by atoms with Crippen LogP contribution in [0.5, 0.6) is 0 Å². The zero-order valence-electron chi connectivity index (χ0n) is 12.5. The molecule has 118 valence electrons. The third-order valence-electron chi connectivity index (χ3n) is 3.70. The number of fused-ring (bicyclic) bond motifs is 2. The van der Waals surface area contributed by atoms with Crippen LogP contribution in [0.3, 0.4) is 0 Å². The number of nitrogens with zero attached hydrogens (tertiary/aromatic N) is 5. The van der Waals surface area contributed by atoms with Crippen LogP contribution in [-0.2, 0) is 0 Å². The van der Waals surface area contributed by atoms with Gasteiger partial charge in [0.05, 0.1) is 15.9 Å². The summed E-state index contributed by atoms with van der Waals surface area (Å²) in [4.78, 5) is 7.34. The van der Waals surface area contributed by atoms with Gasteiger partial charge in [0.2, 0.25) is 5.16 Å². The lowest BCUT2D eigenvalue weighted by atomic mass is 10.0. The van der Waals surface area contributed by atoms with Gasteiger partial charge in [-0.15, -0.1) is 10.2 Å². The Bertz CT molecular complexity index is 942. The Balaban J connectivity index is 1.76. The molecule has 3 heterocycles. The van der Waals surface area contributed by atoms with Gasteiger partial charge in [-0.1, -0.05) is 6.92 Å². The molecule has 0 spiro atoms. The number of aromatic amines is 1. The van der Waals surface area contributed by atoms with E-state index < -0.39 is 0 Å². The molecule has 1 unspecified atom stereocenters. The zero-order valence-corrected chi connectivity index (χ0v) is 13.4. The number of rotatable bonds is 2. The van der Waals surface area contributed by atoms with Crippen molar-refractivity contribution < 1.29 is 4.39 Å². The second-order valence-electron chi connectivity index (χ2n) is 5.62. The Kier molecular flexibility index (Phi) is 3.12. The van der Waals surface area contributed by atoms with E-state index in [1.807, 2.05) is 6.92 Å². The highest BCUT2D eigenvalue weighted by molar-refractivity contribution is 7.99. The first kappa shape index (κ1) is 14.2. The van der Waals surface area contributed by atoms with Gasteiger partial charge in [0.15, 0.2) is 11.8 Å². The van der Waals surface area contributed by atoms with Crippen molar-refractivity contribution in [2.45, 2.75) is 36.2 Å². The van der Waals surface area contributed by atoms with Crippen LogP contribution in [0.1, 0.15) is 32.0 Å². The van der Waals surface area contributed by atoms with E-state index >= 15 is 0 Å². The number of hydrogen-bond acceptors (Lipinski definition) is 6. The summed E-state index contributed by atoms with van der Waals surface area (Å²) in [5, 5.41) is 13.3. The number of nitrogen functional groups attached to an aromatic ring is 1. The maximum absolute atomic E-state index is 14.3. The van der Waals surface area contributed by atoms with Crippen molar-refractivity contribution in [1.29, 1.82) is 0 Å². The molecule has 2 aromatic heterocycles. The number of hydrogen-bond donors (Lipinski definition) is 2. The fourth-order valence-electron chi connectivity index (χ4n) is 2.70. The summed E-state index contributed by atoms with van der Waals surface area (Å²) in [5.74, 6) is 0.930. The molecule has 7 nitrogen and oxygen atoms in total. The molecule has 23 heavy (non-hydrogen) atoms. The fraction of sp³-hybridized carbons (Fsp3) is 0.286. The first-order valence-corrected chi connectivity index (χ1v) is 7.95. The van der Waals surface area contributed by atoms with E-state index in [9.17, 15) is 4.39 Å². The first-order valence-electron chi connectivity index (χ1n) is 7.13. The Morgan fingerprint density at radius 2 is 2.22 bits per heavy atom. The molecule has 0 aliphatic carbocycles. The summed E-state index contributed by atoms with van der Waals surface area (Å²) in [6.45, 7) is 4.04. The molecular formula is C14H14FN7S. The van der Waals surface area contributed by atoms with Gasteiger partial charge >= 0.3 is 0 Å². The maximum Gasteiger partial charge on any atom is 0.216 e. The Hall–Kier alpha value is -2.42. The molecule has 0 radical (unpaired) electrons. The van der Waals surface area contributed by atoms with Gasteiger partial charge in [0.25, 0.3) is 0 Å². The van der Waals surface area contributed by atoms with Gasteiger partial charge in [-0.05, 0) is 31.2 Å². The quantitative estimate of drug-likeness (QED) is 0.752. The molecule has 3 N–H and O–H groups in total. The minimum Gasteiger partial charge on any atom is -0.369 e. The Morgan fingerprint density at radius 3 is 3.04 bits per heavy atom. The van der Waals surface area contributed by atoms with E-state index in [1.54, 1.807) is 10.7 Å². The summed E-state index contributed by atoms with van der Waals surface area (Å²) >= 11 is 1.18. The van der Waals surface area contributed by atoms with Crippen molar-refractivity contribution in [1.82, 2.24) is 24.8 Å². The van der Waals surface area contributed by atoms with Crippen LogP contribution in [0.4, 0.5) is 10.3 Å². The number of anilines is 1. The number of benzene rings is 1. The van der Waals surface area contributed by atoms with Crippen molar-refractivity contribution in [3.8, 4) is 0 Å². The molecular weight excluding hydrogens is 317 g/mol.